The van der Waals surface area contributed by atoms with E-state index in [0.29, 0.717) is 0 Å². The largest absolute Gasteiger partial charge is 0.370 e. The highest BCUT2D eigenvalue weighted by Crippen LogP contribution is 2.36. The molecule has 0 radical (unpaired) electrons. The number of carbonyl (C=O) groups excluding carboxylic acids is 1. The molecule has 0 saturated heterocycles. The minimum atomic E-state index is -0.680. The molecule has 0 unspecified atom stereocenters. The van der Waals surface area contributed by atoms with Crippen molar-refractivity contribution < 1.29 is 4.79 Å². The lowest BCUT2D eigenvalue weighted by Gasteiger charge is -2.17. The lowest BCUT2D eigenvalue weighted by molar-refractivity contribution is -0.118. The Morgan fingerprint density at radius 2 is 1.48 bits per heavy atom. The van der Waals surface area contributed by atoms with E-state index >= 15 is 0 Å². The third-order valence-corrected chi connectivity index (χ3v) is 5.59. The topological polar surface area (TPSA) is 91.0 Å². The number of nitrogens with one attached hydrogen (secondary N) is 3. The Morgan fingerprint density at radius 1 is 0.966 bits per heavy atom. The summed E-state index contributed by atoms with van der Waals surface area (Å²) in [6, 6.07) is 8.13. The highest BCUT2D eigenvalue weighted by Gasteiger charge is 2.50. The van der Waals surface area contributed by atoms with E-state index in [-0.39, 0.29) is 24.3 Å². The van der Waals surface area contributed by atoms with Gasteiger partial charge in [-0.1, -0.05) is 76.8 Å². The van der Waals surface area contributed by atoms with Gasteiger partial charge in [0, 0.05) is 5.69 Å². The maximum Gasteiger partial charge on any atom is 0.250 e. The molecule has 1 amide bonds. The van der Waals surface area contributed by atoms with Crippen LogP contribution in [0.1, 0.15) is 89.5 Å². The molecule has 2 rings (SSSR count). The fraction of sp³-hybridized carbons (Fsp3) is 0.652. The summed E-state index contributed by atoms with van der Waals surface area (Å²) in [6.07, 6.45) is 16.1. The van der Waals surface area contributed by atoms with Crippen molar-refractivity contribution in [3.05, 3.63) is 29.8 Å². The molecule has 1 aliphatic carbocycles. The van der Waals surface area contributed by atoms with Crippen molar-refractivity contribution in [3.63, 3.8) is 0 Å². The lowest BCUT2D eigenvalue weighted by Crippen LogP contribution is -2.48. The van der Waals surface area contributed by atoms with Crippen LogP contribution in [0.5, 0.6) is 0 Å². The normalized spacial score (nSPS) is 14.0. The second-order valence-electron chi connectivity index (χ2n) is 8.20. The molecule has 0 heterocycles. The van der Waals surface area contributed by atoms with Crippen molar-refractivity contribution in [2.24, 2.45) is 5.73 Å². The number of halogens is 1. The van der Waals surface area contributed by atoms with Crippen molar-refractivity contribution >= 4 is 30.0 Å². The van der Waals surface area contributed by atoms with E-state index < -0.39 is 5.54 Å². The first-order chi connectivity index (χ1) is 13.6. The van der Waals surface area contributed by atoms with E-state index in [4.69, 9.17) is 11.1 Å². The van der Waals surface area contributed by atoms with Crippen LogP contribution in [-0.2, 0) is 11.2 Å². The van der Waals surface area contributed by atoms with Gasteiger partial charge in [-0.3, -0.25) is 10.2 Å². The van der Waals surface area contributed by atoms with Gasteiger partial charge in [0.25, 0.3) is 0 Å². The molecule has 1 aromatic carbocycles. The van der Waals surface area contributed by atoms with Crippen molar-refractivity contribution in [1.82, 2.24) is 5.32 Å². The Kier molecular flexibility index (Phi) is 11.7. The van der Waals surface area contributed by atoms with Crippen LogP contribution in [0.25, 0.3) is 0 Å². The smallest absolute Gasteiger partial charge is 0.250 e. The molecule has 0 bridgehead atoms. The Bertz CT molecular complexity index is 614. The van der Waals surface area contributed by atoms with Crippen LogP contribution in [0.3, 0.4) is 0 Å². The van der Waals surface area contributed by atoms with Crippen LogP contribution in [-0.4, -0.2) is 17.4 Å². The first-order valence-electron chi connectivity index (χ1n) is 11.1. The Labute approximate surface area is 182 Å². The number of rotatable bonds is 14. The standard InChI is InChI=1S/C23H38N4O.ClH/c1-2-3-4-5-6-7-8-9-10-11-12-19-13-15-20(16-14-19)26-21(28)23(17-18-23)27-22(24)25;/h13-16H,2-12,17-18H2,1H3,(H,26,28)(H4,24,25,27);1H. The molecule has 5 N–H and O–H groups in total. The molecule has 1 aliphatic rings. The zero-order valence-corrected chi connectivity index (χ0v) is 18.7. The van der Waals surface area contributed by atoms with E-state index in [9.17, 15) is 4.79 Å². The summed E-state index contributed by atoms with van der Waals surface area (Å²) in [7, 11) is 0. The number of hydrogen-bond donors (Lipinski definition) is 4. The summed E-state index contributed by atoms with van der Waals surface area (Å²) < 4.78 is 0. The zero-order valence-electron chi connectivity index (χ0n) is 17.9. The summed E-state index contributed by atoms with van der Waals surface area (Å²) in [5.74, 6) is -0.260. The number of guanidine groups is 1. The van der Waals surface area contributed by atoms with Crippen LogP contribution in [0.4, 0.5) is 5.69 Å². The fourth-order valence-corrected chi connectivity index (χ4v) is 3.61. The second-order valence-corrected chi connectivity index (χ2v) is 8.20. The Morgan fingerprint density at radius 3 is 1.97 bits per heavy atom. The predicted molar refractivity (Wildman–Crippen MR) is 125 cm³/mol. The van der Waals surface area contributed by atoms with Crippen molar-refractivity contribution in [2.75, 3.05) is 5.32 Å². The molecule has 5 nitrogen and oxygen atoms in total. The number of amides is 1. The molecule has 1 saturated carbocycles. The second kappa shape index (κ2) is 13.5. The van der Waals surface area contributed by atoms with E-state index in [2.05, 4.69) is 29.7 Å². The number of aryl methyl sites for hydroxylation is 1. The molecule has 1 fully saturated rings. The van der Waals surface area contributed by atoms with Gasteiger partial charge in [-0.15, -0.1) is 12.4 Å². The minimum absolute atomic E-state index is 0. The Balaban J connectivity index is 0.00000420. The molecule has 29 heavy (non-hydrogen) atoms. The quantitative estimate of drug-likeness (QED) is 0.180. The fourth-order valence-electron chi connectivity index (χ4n) is 3.61. The van der Waals surface area contributed by atoms with Crippen molar-refractivity contribution in [1.29, 1.82) is 5.41 Å². The number of anilines is 1. The molecule has 0 aliphatic heterocycles. The van der Waals surface area contributed by atoms with Crippen LogP contribution in [0.2, 0.25) is 0 Å². The summed E-state index contributed by atoms with van der Waals surface area (Å²) in [5.41, 5.74) is 6.81. The molecule has 164 valence electrons. The molecular formula is C23H39ClN4O. The minimum Gasteiger partial charge on any atom is -0.370 e. The van der Waals surface area contributed by atoms with Crippen LogP contribution in [0, 0.1) is 5.41 Å². The third kappa shape index (κ3) is 9.53. The number of carbonyl (C=O) groups is 1. The molecule has 0 aromatic heterocycles. The van der Waals surface area contributed by atoms with Gasteiger partial charge in [-0.25, -0.2) is 0 Å². The van der Waals surface area contributed by atoms with Gasteiger partial charge in [0.15, 0.2) is 5.96 Å². The van der Waals surface area contributed by atoms with Gasteiger partial charge in [-0.05, 0) is 43.4 Å². The molecule has 6 heteroatoms. The van der Waals surface area contributed by atoms with Crippen LogP contribution >= 0.6 is 12.4 Å². The maximum absolute atomic E-state index is 12.4. The van der Waals surface area contributed by atoms with Crippen LogP contribution < -0.4 is 16.4 Å². The van der Waals surface area contributed by atoms with Gasteiger partial charge in [0.05, 0.1) is 0 Å². The summed E-state index contributed by atoms with van der Waals surface area (Å²) in [5, 5.41) is 13.0. The third-order valence-electron chi connectivity index (χ3n) is 5.59. The first-order valence-corrected chi connectivity index (χ1v) is 11.1. The number of benzene rings is 1. The van der Waals surface area contributed by atoms with Gasteiger partial charge in [0.2, 0.25) is 5.91 Å². The van der Waals surface area contributed by atoms with Gasteiger partial charge >= 0.3 is 0 Å². The number of unbranched alkanes of at least 4 members (excludes halogenated alkanes) is 9. The first kappa shape index (κ1) is 25.3. The molecule has 1 aromatic rings. The van der Waals surface area contributed by atoms with E-state index in [0.717, 1.165) is 24.9 Å². The SMILES string of the molecule is CCCCCCCCCCCCc1ccc(NC(=O)C2(NC(=N)N)CC2)cc1.Cl. The summed E-state index contributed by atoms with van der Waals surface area (Å²) >= 11 is 0. The summed E-state index contributed by atoms with van der Waals surface area (Å²) in [6.45, 7) is 2.26. The van der Waals surface area contributed by atoms with E-state index in [1.807, 2.05) is 12.1 Å². The van der Waals surface area contributed by atoms with Crippen molar-refractivity contribution in [2.45, 2.75) is 95.9 Å². The van der Waals surface area contributed by atoms with Gasteiger partial charge in [0.1, 0.15) is 5.54 Å². The molecule has 0 spiro atoms. The van der Waals surface area contributed by atoms with Gasteiger partial charge < -0.3 is 16.4 Å². The highest BCUT2D eigenvalue weighted by atomic mass is 35.5. The monoisotopic (exact) mass is 422 g/mol. The van der Waals surface area contributed by atoms with Gasteiger partial charge in [-0.2, -0.15) is 0 Å². The molecule has 0 atom stereocenters. The maximum atomic E-state index is 12.4. The van der Waals surface area contributed by atoms with Crippen molar-refractivity contribution in [3.8, 4) is 0 Å². The Hall–Kier alpha value is -1.75. The summed E-state index contributed by atoms with van der Waals surface area (Å²) in [4.78, 5) is 12.4. The highest BCUT2D eigenvalue weighted by molar-refractivity contribution is 6.02. The van der Waals surface area contributed by atoms with E-state index in [1.54, 1.807) is 0 Å². The number of nitrogens with two attached hydrogens (primary N) is 1. The van der Waals surface area contributed by atoms with E-state index in [1.165, 1.54) is 69.8 Å². The number of hydrogen-bond acceptors (Lipinski definition) is 2. The molecular weight excluding hydrogens is 384 g/mol. The zero-order chi connectivity index (χ0) is 20.2. The average Bonchev–Trinajstić information content (AvgIpc) is 3.44. The average molecular weight is 423 g/mol. The lowest BCUT2D eigenvalue weighted by atomic mass is 10.0. The predicted octanol–water partition coefficient (Wildman–Crippen LogP) is 5.53. The van der Waals surface area contributed by atoms with Crippen LogP contribution in [0.15, 0.2) is 24.3 Å².